The number of nitrogens with two attached hydrogens (primary N) is 1. The Bertz CT molecular complexity index is 1160. The summed E-state index contributed by atoms with van der Waals surface area (Å²) in [4.78, 5) is 19.1. The molecule has 1 aliphatic heterocycles. The average Bonchev–Trinajstić information content (AvgIpc) is 3.34. The molecule has 1 amide bonds. The van der Waals surface area contributed by atoms with Gasteiger partial charge in [-0.1, -0.05) is 12.1 Å². The van der Waals surface area contributed by atoms with Crippen LogP contribution in [0.4, 0.5) is 4.39 Å². The van der Waals surface area contributed by atoms with E-state index >= 15 is 4.39 Å². The molecule has 33 heavy (non-hydrogen) atoms. The van der Waals surface area contributed by atoms with Crippen LogP contribution in [0, 0.1) is 19.7 Å². The molecule has 6 heteroatoms. The average molecular weight is 450 g/mol. The van der Waals surface area contributed by atoms with E-state index in [-0.39, 0.29) is 17.8 Å². The van der Waals surface area contributed by atoms with Crippen molar-refractivity contribution in [3.63, 3.8) is 0 Å². The molecule has 0 radical (unpaired) electrons. The fraction of sp³-hybridized carbons (Fsp3) is 0.407. The lowest BCUT2D eigenvalue weighted by Crippen LogP contribution is -2.40. The summed E-state index contributed by atoms with van der Waals surface area (Å²) < 4.78 is 15.1. The van der Waals surface area contributed by atoms with Gasteiger partial charge in [-0.25, -0.2) is 4.39 Å². The molecule has 1 saturated carbocycles. The third-order valence-corrected chi connectivity index (χ3v) is 7.23. The van der Waals surface area contributed by atoms with Gasteiger partial charge in [0.1, 0.15) is 5.82 Å². The smallest absolute Gasteiger partial charge is 0.254 e. The van der Waals surface area contributed by atoms with Crippen LogP contribution in [0.25, 0.3) is 5.57 Å². The highest BCUT2D eigenvalue weighted by atomic mass is 19.1. The third kappa shape index (κ3) is 4.20. The zero-order valence-electron chi connectivity index (χ0n) is 19.8. The van der Waals surface area contributed by atoms with E-state index in [2.05, 4.69) is 4.99 Å². The minimum Gasteiger partial charge on any atom is -0.402 e. The van der Waals surface area contributed by atoms with Crippen molar-refractivity contribution in [2.45, 2.75) is 65.1 Å². The number of aliphatic hydroxyl groups is 1. The number of amides is 1. The molecule has 1 aliphatic carbocycles. The van der Waals surface area contributed by atoms with E-state index in [1.54, 1.807) is 26.3 Å². The molecule has 174 valence electrons. The van der Waals surface area contributed by atoms with E-state index in [4.69, 9.17) is 5.73 Å². The van der Waals surface area contributed by atoms with Crippen LogP contribution >= 0.6 is 0 Å². The van der Waals surface area contributed by atoms with Gasteiger partial charge in [0.05, 0.1) is 12.1 Å². The maximum atomic E-state index is 15.1. The summed E-state index contributed by atoms with van der Waals surface area (Å²) >= 11 is 0. The zero-order chi connectivity index (χ0) is 23.9. The summed E-state index contributed by atoms with van der Waals surface area (Å²) in [5, 5.41) is 10.3. The van der Waals surface area contributed by atoms with Crippen LogP contribution in [0.15, 0.2) is 35.0 Å². The van der Waals surface area contributed by atoms with Gasteiger partial charge >= 0.3 is 0 Å². The Hall–Kier alpha value is -2.99. The number of benzene rings is 2. The lowest BCUT2D eigenvalue weighted by Gasteiger charge is -2.26. The van der Waals surface area contributed by atoms with Gasteiger partial charge in [0.25, 0.3) is 5.91 Å². The number of hydrogen-bond acceptors (Lipinski definition) is 4. The van der Waals surface area contributed by atoms with Crippen LogP contribution in [0.2, 0.25) is 0 Å². The second kappa shape index (κ2) is 9.10. The fourth-order valence-corrected chi connectivity index (χ4v) is 5.16. The number of aliphatic imine (C=N–C) groups is 1. The Balaban J connectivity index is 1.65. The number of fused-ring (bicyclic) bond motifs is 1. The normalized spacial score (nSPS) is 21.2. The quantitative estimate of drug-likeness (QED) is 0.669. The SMILES string of the molecule is CN=CC(=C(C)N)c1ccc(Cc2cc3c(c(C)c2C)CN([C@H]2CCC[C@@H]2O)C3=O)c(F)c1. The second-order valence-electron chi connectivity index (χ2n) is 9.28. The van der Waals surface area contributed by atoms with Gasteiger partial charge < -0.3 is 15.7 Å². The largest absolute Gasteiger partial charge is 0.402 e. The predicted octanol–water partition coefficient (Wildman–Crippen LogP) is 4.29. The number of carbonyl (C=O) groups is 1. The van der Waals surface area contributed by atoms with Crippen LogP contribution < -0.4 is 5.73 Å². The molecule has 1 fully saturated rings. The van der Waals surface area contributed by atoms with Crippen LogP contribution in [-0.4, -0.2) is 41.3 Å². The molecular formula is C27H32FN3O2. The van der Waals surface area contributed by atoms with E-state index in [1.807, 2.05) is 30.9 Å². The Morgan fingerprint density at radius 1 is 1.24 bits per heavy atom. The lowest BCUT2D eigenvalue weighted by molar-refractivity contribution is 0.0479. The van der Waals surface area contributed by atoms with Crippen LogP contribution in [0.5, 0.6) is 0 Å². The lowest BCUT2D eigenvalue weighted by atomic mass is 9.90. The first-order valence-corrected chi connectivity index (χ1v) is 11.5. The van der Waals surface area contributed by atoms with Crippen LogP contribution in [-0.2, 0) is 13.0 Å². The Morgan fingerprint density at radius 2 is 2.00 bits per heavy atom. The van der Waals surface area contributed by atoms with Crippen molar-refractivity contribution in [2.24, 2.45) is 10.7 Å². The number of halogens is 1. The molecule has 2 aromatic rings. The topological polar surface area (TPSA) is 78.9 Å². The van der Waals surface area contributed by atoms with E-state index in [0.717, 1.165) is 41.5 Å². The van der Waals surface area contributed by atoms with Gasteiger partial charge in [-0.15, -0.1) is 0 Å². The van der Waals surface area contributed by atoms with Gasteiger partial charge in [0, 0.05) is 43.1 Å². The summed E-state index contributed by atoms with van der Waals surface area (Å²) in [7, 11) is 1.66. The van der Waals surface area contributed by atoms with Crippen molar-refractivity contribution in [1.29, 1.82) is 0 Å². The minimum atomic E-state index is -0.453. The van der Waals surface area contributed by atoms with E-state index < -0.39 is 6.10 Å². The molecule has 4 rings (SSSR count). The summed E-state index contributed by atoms with van der Waals surface area (Å²) in [6.45, 7) is 6.37. The molecule has 0 saturated heterocycles. The van der Waals surface area contributed by atoms with Gasteiger partial charge in [-0.05, 0) is 85.5 Å². The van der Waals surface area contributed by atoms with Crippen molar-refractivity contribution in [2.75, 3.05) is 7.05 Å². The van der Waals surface area contributed by atoms with Crippen molar-refractivity contribution in [1.82, 2.24) is 4.90 Å². The van der Waals surface area contributed by atoms with Crippen LogP contribution in [0.3, 0.4) is 0 Å². The second-order valence-corrected chi connectivity index (χ2v) is 9.28. The van der Waals surface area contributed by atoms with Crippen molar-refractivity contribution in [3.05, 3.63) is 74.7 Å². The highest BCUT2D eigenvalue weighted by Crippen LogP contribution is 2.36. The Kier molecular flexibility index (Phi) is 6.39. The zero-order valence-corrected chi connectivity index (χ0v) is 19.8. The van der Waals surface area contributed by atoms with Crippen molar-refractivity contribution < 1.29 is 14.3 Å². The van der Waals surface area contributed by atoms with E-state index in [1.165, 1.54) is 6.07 Å². The maximum absolute atomic E-state index is 15.1. The first-order valence-electron chi connectivity index (χ1n) is 11.5. The summed E-state index contributed by atoms with van der Waals surface area (Å²) in [5.41, 5.74) is 13.3. The van der Waals surface area contributed by atoms with E-state index in [0.29, 0.717) is 40.9 Å². The number of carbonyl (C=O) groups excluding carboxylic acids is 1. The van der Waals surface area contributed by atoms with Gasteiger partial charge in [-0.2, -0.15) is 0 Å². The predicted molar refractivity (Wildman–Crippen MR) is 130 cm³/mol. The number of allylic oxidation sites excluding steroid dienone is 2. The monoisotopic (exact) mass is 449 g/mol. The van der Waals surface area contributed by atoms with Gasteiger partial charge in [-0.3, -0.25) is 9.79 Å². The molecule has 0 unspecified atom stereocenters. The molecule has 0 bridgehead atoms. The molecule has 2 aliphatic rings. The minimum absolute atomic E-state index is 0.0248. The first kappa shape index (κ1) is 23.2. The molecule has 2 aromatic carbocycles. The van der Waals surface area contributed by atoms with E-state index in [9.17, 15) is 9.90 Å². The number of hydrogen-bond donors (Lipinski definition) is 2. The highest BCUT2D eigenvalue weighted by Gasteiger charge is 2.39. The molecule has 2 atom stereocenters. The Labute approximate surface area is 194 Å². The highest BCUT2D eigenvalue weighted by molar-refractivity contribution is 6.10. The summed E-state index contributed by atoms with van der Waals surface area (Å²) in [6, 6.07) is 6.94. The third-order valence-electron chi connectivity index (χ3n) is 7.23. The van der Waals surface area contributed by atoms with Gasteiger partial charge in [0.15, 0.2) is 0 Å². The Morgan fingerprint density at radius 3 is 2.61 bits per heavy atom. The number of nitrogens with zero attached hydrogens (tertiary/aromatic N) is 2. The van der Waals surface area contributed by atoms with Crippen LogP contribution in [0.1, 0.15) is 69.9 Å². The fourth-order valence-electron chi connectivity index (χ4n) is 5.16. The number of aliphatic hydroxyl groups excluding tert-OH is 1. The molecule has 0 spiro atoms. The maximum Gasteiger partial charge on any atom is 0.254 e. The molecule has 0 aromatic heterocycles. The summed E-state index contributed by atoms with van der Waals surface area (Å²) in [5.74, 6) is -0.335. The molecule has 3 N–H and O–H groups in total. The molecule has 5 nitrogen and oxygen atoms in total. The molecular weight excluding hydrogens is 417 g/mol. The van der Waals surface area contributed by atoms with Crippen molar-refractivity contribution in [3.8, 4) is 0 Å². The first-order chi connectivity index (χ1) is 15.7. The standard InChI is InChI=1S/C27H32FN3O2/c1-15-16(2)23-14-31(25-6-5-7-26(25)32)27(33)21(23)11-20(15)10-19-9-8-18(12-24(19)28)22(13-30-4)17(3)29/h8-9,11-13,25-26,32H,5-7,10,14,29H2,1-4H3/t25-,26-/m0/s1. The summed E-state index contributed by atoms with van der Waals surface area (Å²) in [6.07, 6.45) is 4.10. The molecule has 1 heterocycles. The van der Waals surface area contributed by atoms with Crippen molar-refractivity contribution >= 4 is 17.7 Å². The van der Waals surface area contributed by atoms with Gasteiger partial charge in [0.2, 0.25) is 0 Å². The number of rotatable bonds is 5.